The quantitative estimate of drug-likeness (QED) is 0.617. The Morgan fingerprint density at radius 1 is 1.14 bits per heavy atom. The van der Waals surface area contributed by atoms with Crippen LogP contribution in [0.3, 0.4) is 0 Å². The summed E-state index contributed by atoms with van der Waals surface area (Å²) in [5.41, 5.74) is 0. The van der Waals surface area contributed by atoms with E-state index in [2.05, 4.69) is 34.6 Å². The molecule has 1 aliphatic carbocycles. The van der Waals surface area contributed by atoms with Crippen molar-refractivity contribution in [2.45, 2.75) is 93.9 Å². The molecule has 0 aliphatic heterocycles. The van der Waals surface area contributed by atoms with Gasteiger partial charge in [-0.15, -0.1) is 0 Å². The molecule has 0 saturated heterocycles. The van der Waals surface area contributed by atoms with E-state index >= 15 is 0 Å². The Bertz CT molecular complexity index is 294. The molecule has 1 saturated carbocycles. The van der Waals surface area contributed by atoms with E-state index in [0.717, 1.165) is 19.3 Å². The van der Waals surface area contributed by atoms with Gasteiger partial charge in [0.1, 0.15) is 11.6 Å². The molecule has 0 aromatic rings. The van der Waals surface area contributed by atoms with Gasteiger partial charge in [0, 0.05) is 25.7 Å². The van der Waals surface area contributed by atoms with Crippen LogP contribution in [0.4, 0.5) is 0 Å². The fourth-order valence-corrected chi connectivity index (χ4v) is 2.58. The molecule has 132 valence electrons. The van der Waals surface area contributed by atoms with Crippen molar-refractivity contribution in [3.05, 3.63) is 0 Å². The second-order valence-electron chi connectivity index (χ2n) is 6.88. The van der Waals surface area contributed by atoms with Crippen molar-refractivity contribution in [2.75, 3.05) is 0 Å². The van der Waals surface area contributed by atoms with Crippen molar-refractivity contribution >= 4 is 11.6 Å². The van der Waals surface area contributed by atoms with E-state index in [1.54, 1.807) is 0 Å². The average molecular weight is 313 g/mol. The number of carbonyl (C=O) groups is 2. The van der Waals surface area contributed by atoms with Crippen LogP contribution in [0.15, 0.2) is 0 Å². The Hall–Kier alpha value is -0.660. The van der Waals surface area contributed by atoms with Crippen LogP contribution in [0.1, 0.15) is 93.9 Å². The molecule has 1 aliphatic rings. The van der Waals surface area contributed by atoms with Crippen LogP contribution in [-0.2, 0) is 9.59 Å². The molecule has 0 radical (unpaired) electrons. The maximum atomic E-state index is 11.0. The topological polar surface area (TPSA) is 34.1 Å². The number of hydrogen-bond donors (Lipinski definition) is 0. The normalized spacial score (nSPS) is 22.1. The summed E-state index contributed by atoms with van der Waals surface area (Å²) >= 11 is 0. The minimum absolute atomic E-state index is 0.390. The summed E-state index contributed by atoms with van der Waals surface area (Å²) in [6.45, 7) is 16.7. The maximum absolute atomic E-state index is 11.0. The van der Waals surface area contributed by atoms with Gasteiger partial charge in [-0.05, 0) is 30.1 Å². The minimum Gasteiger partial charge on any atom is -0.300 e. The van der Waals surface area contributed by atoms with Gasteiger partial charge in [0.15, 0.2) is 0 Å². The lowest BCUT2D eigenvalue weighted by Gasteiger charge is -2.24. The van der Waals surface area contributed by atoms with Gasteiger partial charge in [-0.3, -0.25) is 9.59 Å². The van der Waals surface area contributed by atoms with Crippen LogP contribution in [0.2, 0.25) is 0 Å². The first-order valence-electron chi connectivity index (χ1n) is 9.33. The van der Waals surface area contributed by atoms with Crippen LogP contribution in [0.5, 0.6) is 0 Å². The van der Waals surface area contributed by atoms with Gasteiger partial charge in [-0.1, -0.05) is 61.8 Å². The Balaban J connectivity index is 0. The first-order valence-corrected chi connectivity index (χ1v) is 9.33. The van der Waals surface area contributed by atoms with Gasteiger partial charge >= 0.3 is 0 Å². The number of rotatable bonds is 5. The molecule has 2 nitrogen and oxygen atoms in total. The van der Waals surface area contributed by atoms with Gasteiger partial charge in [0.2, 0.25) is 0 Å². The predicted octanol–water partition coefficient (Wildman–Crippen LogP) is 6.08. The van der Waals surface area contributed by atoms with E-state index < -0.39 is 0 Å². The van der Waals surface area contributed by atoms with Crippen LogP contribution < -0.4 is 0 Å². The number of hydrogen-bond acceptors (Lipinski definition) is 2. The fraction of sp³-hybridized carbons (Fsp3) is 0.900. The summed E-state index contributed by atoms with van der Waals surface area (Å²) < 4.78 is 0. The van der Waals surface area contributed by atoms with Gasteiger partial charge in [0.05, 0.1) is 0 Å². The van der Waals surface area contributed by atoms with Crippen LogP contribution >= 0.6 is 0 Å². The third kappa shape index (κ3) is 11.9. The van der Waals surface area contributed by atoms with Crippen LogP contribution in [-0.4, -0.2) is 11.6 Å². The molecule has 0 aromatic carbocycles. The van der Waals surface area contributed by atoms with E-state index in [0.29, 0.717) is 41.7 Å². The molecule has 0 heterocycles. The number of carbonyl (C=O) groups excluding carboxylic acids is 2. The van der Waals surface area contributed by atoms with Crippen molar-refractivity contribution in [1.82, 2.24) is 0 Å². The Morgan fingerprint density at radius 3 is 2.05 bits per heavy atom. The summed E-state index contributed by atoms with van der Waals surface area (Å²) in [6.07, 6.45) is 5.57. The highest BCUT2D eigenvalue weighted by Gasteiger charge is 2.22. The molecule has 0 aromatic heterocycles. The zero-order chi connectivity index (χ0) is 17.7. The summed E-state index contributed by atoms with van der Waals surface area (Å²) in [5, 5.41) is 0. The van der Waals surface area contributed by atoms with Crippen molar-refractivity contribution in [2.24, 2.45) is 23.7 Å². The van der Waals surface area contributed by atoms with Crippen molar-refractivity contribution in [3.8, 4) is 0 Å². The molecule has 1 fully saturated rings. The molecule has 2 heteroatoms. The minimum atomic E-state index is 0.390. The first-order chi connectivity index (χ1) is 10.3. The van der Waals surface area contributed by atoms with Crippen LogP contribution in [0.25, 0.3) is 0 Å². The molecule has 0 amide bonds. The first kappa shape index (κ1) is 23.6. The lowest BCUT2D eigenvalue weighted by molar-refractivity contribution is -0.123. The van der Waals surface area contributed by atoms with Crippen LogP contribution in [0, 0.1) is 23.7 Å². The molecule has 1 rings (SSSR count). The summed E-state index contributed by atoms with van der Waals surface area (Å²) in [7, 11) is 0. The fourth-order valence-electron chi connectivity index (χ4n) is 2.58. The summed E-state index contributed by atoms with van der Waals surface area (Å²) in [6, 6.07) is 0. The predicted molar refractivity (Wildman–Crippen MR) is 97.1 cm³/mol. The third-order valence-corrected chi connectivity index (χ3v) is 4.49. The Labute approximate surface area is 139 Å². The van der Waals surface area contributed by atoms with Gasteiger partial charge in [0.25, 0.3) is 0 Å². The maximum Gasteiger partial charge on any atom is 0.133 e. The molecule has 3 atom stereocenters. The van der Waals surface area contributed by atoms with E-state index in [-0.39, 0.29) is 0 Å². The second-order valence-corrected chi connectivity index (χ2v) is 6.88. The molecular formula is C20H40O2. The lowest BCUT2D eigenvalue weighted by Crippen LogP contribution is -2.20. The average Bonchev–Trinajstić information content (AvgIpc) is 2.48. The lowest BCUT2D eigenvalue weighted by atomic mass is 9.80. The molecule has 22 heavy (non-hydrogen) atoms. The Morgan fingerprint density at radius 2 is 1.68 bits per heavy atom. The number of ketones is 2. The van der Waals surface area contributed by atoms with Crippen molar-refractivity contribution in [1.29, 1.82) is 0 Å². The molecule has 1 unspecified atom stereocenters. The largest absolute Gasteiger partial charge is 0.300 e. The van der Waals surface area contributed by atoms with Crippen molar-refractivity contribution < 1.29 is 9.59 Å². The van der Waals surface area contributed by atoms with Gasteiger partial charge in [-0.2, -0.15) is 0 Å². The van der Waals surface area contributed by atoms with E-state index in [1.165, 1.54) is 12.8 Å². The van der Waals surface area contributed by atoms with Gasteiger partial charge in [-0.25, -0.2) is 0 Å². The highest BCUT2D eigenvalue weighted by Crippen LogP contribution is 2.28. The van der Waals surface area contributed by atoms with Gasteiger partial charge < -0.3 is 0 Å². The van der Waals surface area contributed by atoms with E-state index in [1.807, 2.05) is 20.8 Å². The monoisotopic (exact) mass is 312 g/mol. The number of Topliss-reactive ketones (excluding diaryl/α,β-unsaturated/α-hetero) is 2. The molecule has 0 bridgehead atoms. The smallest absolute Gasteiger partial charge is 0.133 e. The Kier molecular flexibility index (Phi) is 15.0. The van der Waals surface area contributed by atoms with E-state index in [9.17, 15) is 9.59 Å². The highest BCUT2D eigenvalue weighted by atomic mass is 16.1. The standard InChI is InChI=1S/C9H16O.C9H18O.C2H6/c1-3-8-4-7(2)5-9(10)6-8;1-5-9(10)6-8(4)7(2)3;1-2/h7-8H,3-6H2,1-2H3;7-8H,5-6H2,1-4H3;1-2H3/t7-,8?;8-;/m10./s1. The molecular weight excluding hydrogens is 272 g/mol. The summed E-state index contributed by atoms with van der Waals surface area (Å²) in [5.74, 6) is 3.39. The highest BCUT2D eigenvalue weighted by molar-refractivity contribution is 5.79. The second kappa shape index (κ2) is 14.0. The summed E-state index contributed by atoms with van der Waals surface area (Å²) in [4.78, 5) is 22.0. The zero-order valence-corrected chi connectivity index (χ0v) is 16.4. The SMILES string of the molecule is CC.CCC(=O)C[C@H](C)C(C)C.CCC1CC(=O)C[C@H](C)C1. The molecule has 0 N–H and O–H groups in total. The zero-order valence-electron chi connectivity index (χ0n) is 16.4. The third-order valence-electron chi connectivity index (χ3n) is 4.49. The van der Waals surface area contributed by atoms with E-state index in [4.69, 9.17) is 0 Å². The molecule has 0 spiro atoms. The van der Waals surface area contributed by atoms with Crippen molar-refractivity contribution in [3.63, 3.8) is 0 Å².